The first-order valence-electron chi connectivity index (χ1n) is 9.11. The van der Waals surface area contributed by atoms with Crippen molar-refractivity contribution in [2.45, 2.75) is 12.6 Å². The smallest absolute Gasteiger partial charge is 0.257 e. The van der Waals surface area contributed by atoms with E-state index >= 15 is 0 Å². The predicted octanol–water partition coefficient (Wildman–Crippen LogP) is 4.50. The summed E-state index contributed by atoms with van der Waals surface area (Å²) in [5.41, 5.74) is 3.73. The van der Waals surface area contributed by atoms with Gasteiger partial charge in [0.2, 0.25) is 0 Å². The van der Waals surface area contributed by atoms with Crippen LogP contribution in [0.2, 0.25) is 0 Å². The number of rotatable bonds is 5. The molecule has 0 bridgehead atoms. The summed E-state index contributed by atoms with van der Waals surface area (Å²) in [5, 5.41) is 3.53. The average molecular weight is 358 g/mol. The molecule has 1 aliphatic rings. The predicted molar refractivity (Wildman–Crippen MR) is 107 cm³/mol. The molecule has 0 saturated carbocycles. The Morgan fingerprint density at radius 3 is 2.44 bits per heavy atom. The molecule has 1 amide bonds. The van der Waals surface area contributed by atoms with E-state index in [0.717, 1.165) is 23.4 Å². The number of nitrogens with zero attached hydrogens (tertiary/aromatic N) is 1. The number of methoxy groups -OCH3 is 1. The van der Waals surface area contributed by atoms with Crippen molar-refractivity contribution >= 4 is 11.6 Å². The number of carbonyl (C=O) groups is 1. The molecule has 1 N–H and O–H groups in total. The van der Waals surface area contributed by atoms with Gasteiger partial charge in [-0.2, -0.15) is 0 Å². The van der Waals surface area contributed by atoms with Gasteiger partial charge in [-0.3, -0.25) is 4.79 Å². The fourth-order valence-corrected chi connectivity index (χ4v) is 3.56. The van der Waals surface area contributed by atoms with Crippen LogP contribution < -0.4 is 10.1 Å². The number of carbonyl (C=O) groups excluding carboxylic acids is 1. The summed E-state index contributed by atoms with van der Waals surface area (Å²) < 4.78 is 5.55. The highest BCUT2D eigenvalue weighted by Gasteiger charge is 2.33. The van der Waals surface area contributed by atoms with Crippen LogP contribution in [0.15, 0.2) is 78.9 Å². The second kappa shape index (κ2) is 7.54. The third-order valence-electron chi connectivity index (χ3n) is 4.94. The summed E-state index contributed by atoms with van der Waals surface area (Å²) in [6.07, 6.45) is 0.523. The molecule has 4 heteroatoms. The van der Waals surface area contributed by atoms with Crippen molar-refractivity contribution in [3.05, 3.63) is 95.6 Å². The van der Waals surface area contributed by atoms with E-state index in [1.807, 2.05) is 71.6 Å². The van der Waals surface area contributed by atoms with Crippen molar-refractivity contribution in [2.24, 2.45) is 0 Å². The molecule has 1 unspecified atom stereocenters. The minimum Gasteiger partial charge on any atom is -0.496 e. The van der Waals surface area contributed by atoms with Gasteiger partial charge in [-0.15, -0.1) is 0 Å². The van der Waals surface area contributed by atoms with Gasteiger partial charge in [0.25, 0.3) is 5.91 Å². The van der Waals surface area contributed by atoms with Gasteiger partial charge in [0.15, 0.2) is 0 Å². The van der Waals surface area contributed by atoms with E-state index in [2.05, 4.69) is 17.4 Å². The zero-order valence-corrected chi connectivity index (χ0v) is 15.3. The van der Waals surface area contributed by atoms with Crippen molar-refractivity contribution in [3.8, 4) is 5.75 Å². The maximum atomic E-state index is 13.3. The van der Waals surface area contributed by atoms with Gasteiger partial charge in [0.05, 0.1) is 12.7 Å². The van der Waals surface area contributed by atoms with Gasteiger partial charge in [-0.1, -0.05) is 60.7 Å². The Labute approximate surface area is 159 Å². The quantitative estimate of drug-likeness (QED) is 0.730. The molecule has 0 saturated heterocycles. The molecule has 1 aliphatic heterocycles. The number of fused-ring (bicyclic) bond motifs is 1. The van der Waals surface area contributed by atoms with Crippen molar-refractivity contribution in [1.29, 1.82) is 0 Å². The SMILES string of the molecule is COc1ccccc1C1Nc2ccccc2C(=O)N1CCc1ccccc1. The van der Waals surface area contributed by atoms with Crippen LogP contribution in [0.25, 0.3) is 0 Å². The van der Waals surface area contributed by atoms with Crippen LogP contribution in [0.5, 0.6) is 5.75 Å². The molecule has 0 aliphatic carbocycles. The Bertz CT molecular complexity index is 940. The molecule has 1 atom stereocenters. The summed E-state index contributed by atoms with van der Waals surface area (Å²) in [6, 6.07) is 25.8. The largest absolute Gasteiger partial charge is 0.496 e. The number of nitrogens with one attached hydrogen (secondary N) is 1. The zero-order valence-electron chi connectivity index (χ0n) is 15.3. The van der Waals surface area contributed by atoms with Crippen molar-refractivity contribution in [3.63, 3.8) is 0 Å². The van der Waals surface area contributed by atoms with E-state index in [9.17, 15) is 4.79 Å². The third-order valence-corrected chi connectivity index (χ3v) is 4.94. The fourth-order valence-electron chi connectivity index (χ4n) is 3.56. The Kier molecular flexibility index (Phi) is 4.79. The number of benzene rings is 3. The van der Waals surface area contributed by atoms with Crippen LogP contribution in [0.4, 0.5) is 5.69 Å². The molecule has 0 fully saturated rings. The molecular formula is C23H22N2O2. The van der Waals surface area contributed by atoms with Crippen LogP contribution in [-0.2, 0) is 6.42 Å². The maximum Gasteiger partial charge on any atom is 0.257 e. The van der Waals surface area contributed by atoms with Gasteiger partial charge in [-0.05, 0) is 30.2 Å². The standard InChI is InChI=1S/C23H22N2O2/c1-27-21-14-8-6-12-19(21)22-24-20-13-7-5-11-18(20)23(26)25(22)16-15-17-9-3-2-4-10-17/h2-14,22,24H,15-16H2,1H3. The molecule has 136 valence electrons. The van der Waals surface area contributed by atoms with Crippen LogP contribution >= 0.6 is 0 Å². The summed E-state index contributed by atoms with van der Waals surface area (Å²) in [4.78, 5) is 15.2. The van der Waals surface area contributed by atoms with Crippen LogP contribution in [0.3, 0.4) is 0 Å². The minimum absolute atomic E-state index is 0.0381. The molecule has 3 aromatic carbocycles. The zero-order chi connectivity index (χ0) is 18.6. The second-order valence-electron chi connectivity index (χ2n) is 6.57. The number of hydrogen-bond acceptors (Lipinski definition) is 3. The van der Waals surface area contributed by atoms with E-state index in [0.29, 0.717) is 12.1 Å². The molecule has 4 nitrogen and oxygen atoms in total. The molecule has 0 spiro atoms. The van der Waals surface area contributed by atoms with Crippen LogP contribution in [0, 0.1) is 0 Å². The van der Waals surface area contributed by atoms with Crippen LogP contribution in [-0.4, -0.2) is 24.5 Å². The summed E-state index contributed by atoms with van der Waals surface area (Å²) in [6.45, 7) is 0.618. The van der Waals surface area contributed by atoms with E-state index in [1.165, 1.54) is 5.56 Å². The Hall–Kier alpha value is -3.27. The van der Waals surface area contributed by atoms with Gasteiger partial charge < -0.3 is 15.0 Å². The second-order valence-corrected chi connectivity index (χ2v) is 6.57. The number of anilines is 1. The molecule has 3 aromatic rings. The van der Waals surface area contributed by atoms with E-state index < -0.39 is 0 Å². The normalized spacial score (nSPS) is 15.8. The number of amides is 1. The van der Waals surface area contributed by atoms with Gasteiger partial charge in [-0.25, -0.2) is 0 Å². The lowest BCUT2D eigenvalue weighted by Gasteiger charge is -2.38. The Balaban J connectivity index is 1.70. The van der Waals surface area contributed by atoms with Crippen molar-refractivity contribution in [2.75, 3.05) is 19.0 Å². The van der Waals surface area contributed by atoms with Gasteiger partial charge >= 0.3 is 0 Å². The molecule has 0 radical (unpaired) electrons. The lowest BCUT2D eigenvalue weighted by atomic mass is 10.0. The molecule has 27 heavy (non-hydrogen) atoms. The molecular weight excluding hydrogens is 336 g/mol. The minimum atomic E-state index is -0.271. The molecule has 0 aromatic heterocycles. The van der Waals surface area contributed by atoms with E-state index in [1.54, 1.807) is 7.11 Å². The van der Waals surface area contributed by atoms with E-state index in [4.69, 9.17) is 4.74 Å². The first-order valence-corrected chi connectivity index (χ1v) is 9.11. The van der Waals surface area contributed by atoms with E-state index in [-0.39, 0.29) is 12.1 Å². The van der Waals surface area contributed by atoms with Gasteiger partial charge in [0, 0.05) is 17.8 Å². The monoisotopic (exact) mass is 358 g/mol. The highest BCUT2D eigenvalue weighted by Crippen LogP contribution is 2.36. The Morgan fingerprint density at radius 2 is 1.63 bits per heavy atom. The number of para-hydroxylation sites is 2. The maximum absolute atomic E-state index is 13.3. The molecule has 4 rings (SSSR count). The van der Waals surface area contributed by atoms with Gasteiger partial charge in [0.1, 0.15) is 11.9 Å². The number of ether oxygens (including phenoxy) is 1. The molecule has 1 heterocycles. The number of hydrogen-bond donors (Lipinski definition) is 1. The lowest BCUT2D eigenvalue weighted by molar-refractivity contribution is 0.0683. The Morgan fingerprint density at radius 1 is 0.926 bits per heavy atom. The summed E-state index contributed by atoms with van der Waals surface area (Å²) in [5.74, 6) is 0.808. The van der Waals surface area contributed by atoms with Crippen LogP contribution in [0.1, 0.15) is 27.7 Å². The van der Waals surface area contributed by atoms with Crippen molar-refractivity contribution in [1.82, 2.24) is 4.90 Å². The first-order chi connectivity index (χ1) is 13.3. The first kappa shape index (κ1) is 17.2. The summed E-state index contributed by atoms with van der Waals surface area (Å²) in [7, 11) is 1.66. The highest BCUT2D eigenvalue weighted by atomic mass is 16.5. The topological polar surface area (TPSA) is 41.6 Å². The fraction of sp³-hybridized carbons (Fsp3) is 0.174. The highest BCUT2D eigenvalue weighted by molar-refractivity contribution is 6.01. The average Bonchev–Trinajstić information content (AvgIpc) is 2.73. The third kappa shape index (κ3) is 3.38. The van der Waals surface area contributed by atoms with Crippen molar-refractivity contribution < 1.29 is 9.53 Å². The summed E-state index contributed by atoms with van der Waals surface area (Å²) >= 11 is 0. The lowest BCUT2D eigenvalue weighted by Crippen LogP contribution is -2.44.